The van der Waals surface area contributed by atoms with E-state index >= 15 is 0 Å². The van der Waals surface area contributed by atoms with Gasteiger partial charge in [0.25, 0.3) is 5.91 Å². The molecule has 2 rings (SSSR count). The topological polar surface area (TPSA) is 32.3 Å². The largest absolute Gasteiger partial charge is 0.339 e. The van der Waals surface area contributed by atoms with Crippen LogP contribution >= 0.6 is 0 Å². The molecule has 0 saturated carbocycles. The average Bonchev–Trinajstić information content (AvgIpc) is 2.48. The second-order valence-electron chi connectivity index (χ2n) is 5.19. The Hall–Kier alpha value is -1.49. The van der Waals surface area contributed by atoms with Crippen LogP contribution in [0.25, 0.3) is 0 Å². The Morgan fingerprint density at radius 3 is 2.80 bits per heavy atom. The van der Waals surface area contributed by atoms with E-state index in [4.69, 9.17) is 0 Å². The third-order valence-corrected chi connectivity index (χ3v) is 3.71. The molecule has 0 aliphatic carbocycles. The maximum atomic E-state index is 13.2. The normalized spacial score (nSPS) is 18.9. The van der Waals surface area contributed by atoms with Crippen LogP contribution in [0.3, 0.4) is 0 Å². The molecule has 1 aliphatic rings. The van der Waals surface area contributed by atoms with Crippen LogP contribution in [0.4, 0.5) is 8.78 Å². The van der Waals surface area contributed by atoms with Gasteiger partial charge in [-0.25, -0.2) is 8.78 Å². The molecule has 1 aliphatic heterocycles. The molecule has 1 heterocycles. The monoisotopic (exact) mass is 282 g/mol. The Bertz CT molecular complexity index is 473. The molecule has 0 spiro atoms. The molecule has 1 unspecified atom stereocenters. The molecule has 0 radical (unpaired) electrons. The minimum absolute atomic E-state index is 0.203. The maximum Gasteiger partial charge on any atom is 0.253 e. The highest BCUT2D eigenvalue weighted by atomic mass is 19.2. The Morgan fingerprint density at radius 2 is 2.20 bits per heavy atom. The zero-order valence-corrected chi connectivity index (χ0v) is 11.7. The van der Waals surface area contributed by atoms with E-state index in [1.807, 2.05) is 6.92 Å². The Kier molecular flexibility index (Phi) is 5.06. The van der Waals surface area contributed by atoms with E-state index in [2.05, 4.69) is 5.32 Å². The smallest absolute Gasteiger partial charge is 0.253 e. The summed E-state index contributed by atoms with van der Waals surface area (Å²) in [4.78, 5) is 14.0. The average molecular weight is 282 g/mol. The number of hydrogen-bond donors (Lipinski definition) is 1. The van der Waals surface area contributed by atoms with E-state index in [1.54, 1.807) is 4.90 Å². The summed E-state index contributed by atoms with van der Waals surface area (Å²) in [6.07, 6.45) is 2.20. The lowest BCUT2D eigenvalue weighted by Crippen LogP contribution is -2.41. The fourth-order valence-electron chi connectivity index (χ4n) is 2.56. The molecule has 1 saturated heterocycles. The van der Waals surface area contributed by atoms with Crippen LogP contribution in [0.2, 0.25) is 0 Å². The number of hydrogen-bond acceptors (Lipinski definition) is 2. The van der Waals surface area contributed by atoms with Gasteiger partial charge < -0.3 is 10.2 Å². The fraction of sp³-hybridized carbons (Fsp3) is 0.533. The van der Waals surface area contributed by atoms with E-state index in [1.165, 1.54) is 6.07 Å². The summed E-state index contributed by atoms with van der Waals surface area (Å²) >= 11 is 0. The molecule has 110 valence electrons. The van der Waals surface area contributed by atoms with Gasteiger partial charge in [0.2, 0.25) is 0 Å². The number of nitrogens with zero attached hydrogens (tertiary/aromatic N) is 1. The van der Waals surface area contributed by atoms with Crippen LogP contribution in [0.1, 0.15) is 30.1 Å². The van der Waals surface area contributed by atoms with Crippen LogP contribution < -0.4 is 5.32 Å². The summed E-state index contributed by atoms with van der Waals surface area (Å²) in [5.74, 6) is -1.72. The van der Waals surface area contributed by atoms with Crippen molar-refractivity contribution < 1.29 is 13.6 Å². The van der Waals surface area contributed by atoms with E-state index in [0.717, 1.165) is 38.1 Å². The third-order valence-electron chi connectivity index (χ3n) is 3.71. The van der Waals surface area contributed by atoms with Crippen molar-refractivity contribution in [1.82, 2.24) is 10.2 Å². The molecular formula is C15H20F2N2O. The standard InChI is InChI=1S/C15H20F2N2O/c1-2-19(10-11-4-3-7-18-9-11)15(20)12-5-6-13(16)14(17)8-12/h5-6,8,11,18H,2-4,7,9-10H2,1H3. The van der Waals surface area contributed by atoms with Crippen molar-refractivity contribution in [3.8, 4) is 0 Å². The minimum atomic E-state index is -0.980. The fourth-order valence-corrected chi connectivity index (χ4v) is 2.56. The molecule has 3 nitrogen and oxygen atoms in total. The summed E-state index contributed by atoms with van der Waals surface area (Å²) in [7, 11) is 0. The van der Waals surface area contributed by atoms with Gasteiger partial charge in [-0.3, -0.25) is 4.79 Å². The van der Waals surface area contributed by atoms with Gasteiger partial charge in [-0.15, -0.1) is 0 Å². The highest BCUT2D eigenvalue weighted by Gasteiger charge is 2.21. The Balaban J connectivity index is 2.05. The van der Waals surface area contributed by atoms with Crippen molar-refractivity contribution in [2.45, 2.75) is 19.8 Å². The van der Waals surface area contributed by atoms with Crippen molar-refractivity contribution in [3.63, 3.8) is 0 Å². The van der Waals surface area contributed by atoms with Gasteiger partial charge in [-0.2, -0.15) is 0 Å². The van der Waals surface area contributed by atoms with Gasteiger partial charge in [-0.05, 0) is 57.0 Å². The molecule has 0 bridgehead atoms. The van der Waals surface area contributed by atoms with Gasteiger partial charge in [0, 0.05) is 18.7 Å². The maximum absolute atomic E-state index is 13.2. The number of rotatable bonds is 4. The molecule has 5 heteroatoms. The van der Waals surface area contributed by atoms with E-state index in [-0.39, 0.29) is 11.5 Å². The van der Waals surface area contributed by atoms with Crippen molar-refractivity contribution >= 4 is 5.91 Å². The molecule has 1 aromatic carbocycles. The first-order chi connectivity index (χ1) is 9.61. The molecular weight excluding hydrogens is 262 g/mol. The van der Waals surface area contributed by atoms with E-state index in [9.17, 15) is 13.6 Å². The van der Waals surface area contributed by atoms with Crippen molar-refractivity contribution in [2.24, 2.45) is 5.92 Å². The predicted molar refractivity (Wildman–Crippen MR) is 73.5 cm³/mol. The highest BCUT2D eigenvalue weighted by molar-refractivity contribution is 5.94. The van der Waals surface area contributed by atoms with Crippen LogP contribution in [0.15, 0.2) is 18.2 Å². The SMILES string of the molecule is CCN(CC1CCCNC1)C(=O)c1ccc(F)c(F)c1. The lowest BCUT2D eigenvalue weighted by atomic mass is 9.98. The molecule has 1 aromatic rings. The van der Waals surface area contributed by atoms with Gasteiger partial charge in [-0.1, -0.05) is 0 Å². The zero-order chi connectivity index (χ0) is 14.5. The Morgan fingerprint density at radius 1 is 1.40 bits per heavy atom. The first kappa shape index (κ1) is 14.9. The molecule has 1 atom stereocenters. The third kappa shape index (κ3) is 3.54. The number of halogens is 2. The zero-order valence-electron chi connectivity index (χ0n) is 11.7. The van der Waals surface area contributed by atoms with Crippen LogP contribution in [-0.4, -0.2) is 37.0 Å². The Labute approximate surface area is 118 Å². The summed E-state index contributed by atoms with van der Waals surface area (Å²) < 4.78 is 26.1. The number of carbonyl (C=O) groups is 1. The number of carbonyl (C=O) groups excluding carboxylic acids is 1. The second kappa shape index (κ2) is 6.79. The molecule has 1 N–H and O–H groups in total. The first-order valence-electron chi connectivity index (χ1n) is 7.07. The summed E-state index contributed by atoms with van der Waals surface area (Å²) in [5, 5.41) is 3.31. The van der Waals surface area contributed by atoms with Crippen molar-refractivity contribution in [3.05, 3.63) is 35.4 Å². The van der Waals surface area contributed by atoms with Gasteiger partial charge >= 0.3 is 0 Å². The van der Waals surface area contributed by atoms with Gasteiger partial charge in [0.05, 0.1) is 0 Å². The van der Waals surface area contributed by atoms with E-state index < -0.39 is 11.6 Å². The lowest BCUT2D eigenvalue weighted by Gasteiger charge is -2.29. The van der Waals surface area contributed by atoms with Crippen molar-refractivity contribution in [2.75, 3.05) is 26.2 Å². The predicted octanol–water partition coefficient (Wildman–Crippen LogP) is 2.43. The number of piperidine rings is 1. The number of nitrogens with one attached hydrogen (secondary N) is 1. The summed E-state index contributed by atoms with van der Waals surface area (Å²) in [6, 6.07) is 3.31. The lowest BCUT2D eigenvalue weighted by molar-refractivity contribution is 0.0728. The van der Waals surface area contributed by atoms with E-state index in [0.29, 0.717) is 19.0 Å². The van der Waals surface area contributed by atoms with Crippen molar-refractivity contribution in [1.29, 1.82) is 0 Å². The first-order valence-corrected chi connectivity index (χ1v) is 7.07. The second-order valence-corrected chi connectivity index (χ2v) is 5.19. The summed E-state index contributed by atoms with van der Waals surface area (Å²) in [5.41, 5.74) is 0.203. The number of amides is 1. The highest BCUT2D eigenvalue weighted by Crippen LogP contribution is 2.15. The molecule has 0 aromatic heterocycles. The van der Waals surface area contributed by atoms with Gasteiger partial charge in [0.15, 0.2) is 11.6 Å². The van der Waals surface area contributed by atoms with Crippen LogP contribution in [0.5, 0.6) is 0 Å². The quantitative estimate of drug-likeness (QED) is 0.920. The summed E-state index contributed by atoms with van der Waals surface area (Å²) in [6.45, 7) is 5.05. The molecule has 1 fully saturated rings. The minimum Gasteiger partial charge on any atom is -0.339 e. The van der Waals surface area contributed by atoms with Crippen LogP contribution in [-0.2, 0) is 0 Å². The van der Waals surface area contributed by atoms with Crippen LogP contribution in [0, 0.1) is 17.6 Å². The van der Waals surface area contributed by atoms with Gasteiger partial charge in [0.1, 0.15) is 0 Å². The molecule has 1 amide bonds. The number of benzene rings is 1. The molecule has 20 heavy (non-hydrogen) atoms.